The van der Waals surface area contributed by atoms with Crippen molar-refractivity contribution in [3.63, 3.8) is 0 Å². The Morgan fingerprint density at radius 1 is 1.29 bits per heavy atom. The second kappa shape index (κ2) is 6.58. The zero-order valence-electron chi connectivity index (χ0n) is 17.1. The van der Waals surface area contributed by atoms with E-state index in [2.05, 4.69) is 38.6 Å². The summed E-state index contributed by atoms with van der Waals surface area (Å²) in [6.07, 6.45) is 3.70. The number of rotatable bonds is 2. The van der Waals surface area contributed by atoms with Gasteiger partial charge in [0.25, 0.3) is 0 Å². The van der Waals surface area contributed by atoms with E-state index in [0.717, 1.165) is 53.0 Å². The number of ether oxygens (including phenoxy) is 1. The topological polar surface area (TPSA) is 60.2 Å². The molecular weight excluding hydrogens is 420 g/mol. The summed E-state index contributed by atoms with van der Waals surface area (Å²) in [7, 11) is 0. The van der Waals surface area contributed by atoms with Crippen molar-refractivity contribution in [1.29, 1.82) is 0 Å². The monoisotopic (exact) mass is 446 g/mol. The highest BCUT2D eigenvalue weighted by atomic mass is 79.9. The Morgan fingerprint density at radius 3 is 2.57 bits per heavy atom. The minimum atomic E-state index is -0.443. The summed E-state index contributed by atoms with van der Waals surface area (Å²) in [5.74, 6) is 0. The normalized spacial score (nSPS) is 18.7. The van der Waals surface area contributed by atoms with Crippen LogP contribution in [-0.2, 0) is 4.74 Å². The van der Waals surface area contributed by atoms with Crippen molar-refractivity contribution in [3.8, 4) is 11.3 Å². The van der Waals surface area contributed by atoms with Crippen LogP contribution in [0.1, 0.15) is 51.0 Å². The molecule has 1 aliphatic carbocycles. The largest absolute Gasteiger partial charge is 0.444 e. The van der Waals surface area contributed by atoms with E-state index in [1.54, 1.807) is 6.20 Å². The average molecular weight is 447 g/mol. The molecule has 0 unspecified atom stereocenters. The highest BCUT2D eigenvalue weighted by Gasteiger charge is 2.55. The molecule has 1 saturated carbocycles. The van der Waals surface area contributed by atoms with Crippen LogP contribution in [0, 0.1) is 19.3 Å². The van der Waals surface area contributed by atoms with Gasteiger partial charge in [0.2, 0.25) is 0 Å². The number of aromatic nitrogens is 3. The first kappa shape index (κ1) is 19.4. The van der Waals surface area contributed by atoms with E-state index in [9.17, 15) is 4.79 Å². The zero-order valence-corrected chi connectivity index (χ0v) is 18.7. The van der Waals surface area contributed by atoms with Gasteiger partial charge in [0.15, 0.2) is 0 Å². The number of halogens is 1. The number of carbonyl (C=O) groups excluding carboxylic acids is 1. The third-order valence-corrected chi connectivity index (χ3v) is 6.68. The minimum Gasteiger partial charge on any atom is -0.444 e. The van der Waals surface area contributed by atoms with Crippen molar-refractivity contribution in [1.82, 2.24) is 19.7 Å². The predicted molar refractivity (Wildman–Crippen MR) is 111 cm³/mol. The fourth-order valence-electron chi connectivity index (χ4n) is 4.35. The molecule has 7 heteroatoms. The maximum atomic E-state index is 12.2. The highest BCUT2D eigenvalue weighted by molar-refractivity contribution is 9.10. The summed E-state index contributed by atoms with van der Waals surface area (Å²) < 4.78 is 8.65. The van der Waals surface area contributed by atoms with Crippen molar-refractivity contribution in [2.24, 2.45) is 5.41 Å². The van der Waals surface area contributed by atoms with E-state index >= 15 is 0 Å². The Balaban J connectivity index is 1.43. The number of aryl methyl sites for hydroxylation is 1. The molecule has 2 aromatic rings. The number of amides is 1. The van der Waals surface area contributed by atoms with Gasteiger partial charge in [-0.2, -0.15) is 5.10 Å². The average Bonchev–Trinajstić information content (AvgIpc) is 2.80. The fourth-order valence-corrected chi connectivity index (χ4v) is 4.83. The lowest BCUT2D eigenvalue weighted by Crippen LogP contribution is -2.64. The summed E-state index contributed by atoms with van der Waals surface area (Å²) in [6, 6.07) is 4.38. The lowest BCUT2D eigenvalue weighted by molar-refractivity contribution is -0.0930. The van der Waals surface area contributed by atoms with Gasteiger partial charge in [-0.25, -0.2) is 4.79 Å². The van der Waals surface area contributed by atoms with E-state index in [0.29, 0.717) is 6.04 Å². The first-order valence-corrected chi connectivity index (χ1v) is 10.5. The van der Waals surface area contributed by atoms with Gasteiger partial charge in [-0.3, -0.25) is 9.67 Å². The highest BCUT2D eigenvalue weighted by Crippen LogP contribution is 2.55. The number of carbonyl (C=O) groups is 1. The van der Waals surface area contributed by atoms with E-state index in [1.807, 2.05) is 38.7 Å². The van der Waals surface area contributed by atoms with Crippen LogP contribution in [0.2, 0.25) is 0 Å². The molecule has 1 aliphatic heterocycles. The van der Waals surface area contributed by atoms with Crippen LogP contribution in [-0.4, -0.2) is 44.4 Å². The third-order valence-electron chi connectivity index (χ3n) is 5.73. The molecule has 0 N–H and O–H groups in total. The standard InChI is InChI=1S/C21H27BrN4O2/c1-13-16(7-6-8-23-13)18-17(22)14(2)26(24-18)15-9-21(10-15)11-25(12-21)19(27)28-20(3,4)5/h6-8,15H,9-12H2,1-5H3. The summed E-state index contributed by atoms with van der Waals surface area (Å²) in [5.41, 5.74) is 3.92. The van der Waals surface area contributed by atoms with E-state index < -0.39 is 5.60 Å². The summed E-state index contributed by atoms with van der Waals surface area (Å²) in [6.45, 7) is 11.4. The number of pyridine rings is 1. The molecule has 1 spiro atoms. The molecule has 1 saturated heterocycles. The molecule has 2 aliphatic rings. The Bertz CT molecular complexity index is 917. The summed E-state index contributed by atoms with van der Waals surface area (Å²) >= 11 is 3.73. The van der Waals surface area contributed by atoms with Crippen molar-refractivity contribution in [3.05, 3.63) is 34.2 Å². The quantitative estimate of drug-likeness (QED) is 0.658. The number of hydrogen-bond donors (Lipinski definition) is 0. The zero-order chi connectivity index (χ0) is 20.3. The molecule has 1 amide bonds. The lowest BCUT2D eigenvalue weighted by Gasteiger charge is -2.58. The first-order valence-electron chi connectivity index (χ1n) is 9.73. The molecule has 2 aromatic heterocycles. The molecule has 28 heavy (non-hydrogen) atoms. The molecule has 4 rings (SSSR count). The van der Waals surface area contributed by atoms with E-state index in [1.165, 1.54) is 0 Å². The number of nitrogens with zero attached hydrogens (tertiary/aromatic N) is 4. The molecule has 150 valence electrons. The summed E-state index contributed by atoms with van der Waals surface area (Å²) in [4.78, 5) is 18.4. The van der Waals surface area contributed by atoms with Crippen LogP contribution in [0.4, 0.5) is 4.79 Å². The van der Waals surface area contributed by atoms with Crippen LogP contribution in [0.5, 0.6) is 0 Å². The Labute approximate surface area is 174 Å². The van der Waals surface area contributed by atoms with Crippen LogP contribution < -0.4 is 0 Å². The molecule has 2 fully saturated rings. The van der Waals surface area contributed by atoms with Crippen molar-refractivity contribution >= 4 is 22.0 Å². The van der Waals surface area contributed by atoms with Gasteiger partial charge in [0.1, 0.15) is 11.3 Å². The molecule has 0 aromatic carbocycles. The van der Waals surface area contributed by atoms with Crippen LogP contribution in [0.3, 0.4) is 0 Å². The third kappa shape index (κ3) is 3.34. The van der Waals surface area contributed by atoms with Gasteiger partial charge in [0, 0.05) is 36.0 Å². The molecule has 3 heterocycles. The van der Waals surface area contributed by atoms with Gasteiger partial charge in [-0.1, -0.05) is 0 Å². The minimum absolute atomic E-state index is 0.200. The first-order chi connectivity index (χ1) is 13.1. The molecule has 6 nitrogen and oxygen atoms in total. The maximum Gasteiger partial charge on any atom is 0.410 e. The van der Waals surface area contributed by atoms with E-state index in [-0.39, 0.29) is 11.5 Å². The van der Waals surface area contributed by atoms with Gasteiger partial charge in [0.05, 0.1) is 16.2 Å². The number of hydrogen-bond acceptors (Lipinski definition) is 4. The van der Waals surface area contributed by atoms with Crippen LogP contribution >= 0.6 is 15.9 Å². The molecule has 0 radical (unpaired) electrons. The SMILES string of the molecule is Cc1ncccc1-c1nn(C2CC3(C2)CN(C(=O)OC(C)(C)C)C3)c(C)c1Br. The Hall–Kier alpha value is -1.89. The van der Waals surface area contributed by atoms with Crippen molar-refractivity contribution < 1.29 is 9.53 Å². The van der Waals surface area contributed by atoms with E-state index in [4.69, 9.17) is 9.84 Å². The molecule has 0 bridgehead atoms. The van der Waals surface area contributed by atoms with Crippen LogP contribution in [0.25, 0.3) is 11.3 Å². The second-order valence-electron chi connectivity index (χ2n) is 9.23. The van der Waals surface area contributed by atoms with Gasteiger partial charge in [-0.05, 0) is 75.5 Å². The van der Waals surface area contributed by atoms with Crippen molar-refractivity contribution in [2.75, 3.05) is 13.1 Å². The van der Waals surface area contributed by atoms with Gasteiger partial charge >= 0.3 is 6.09 Å². The maximum absolute atomic E-state index is 12.2. The molecular formula is C21H27BrN4O2. The Kier molecular flexibility index (Phi) is 4.56. The second-order valence-corrected chi connectivity index (χ2v) is 10.0. The predicted octanol–water partition coefficient (Wildman–Crippen LogP) is 4.90. The van der Waals surface area contributed by atoms with Gasteiger partial charge in [-0.15, -0.1) is 0 Å². The summed E-state index contributed by atoms with van der Waals surface area (Å²) in [5, 5.41) is 4.91. The Morgan fingerprint density at radius 2 is 1.96 bits per heavy atom. The van der Waals surface area contributed by atoms with Crippen LogP contribution in [0.15, 0.2) is 22.8 Å². The fraction of sp³-hybridized carbons (Fsp3) is 0.571. The van der Waals surface area contributed by atoms with Crippen molar-refractivity contribution in [2.45, 2.75) is 59.1 Å². The molecule has 0 atom stereocenters. The number of likely N-dealkylation sites (tertiary alicyclic amines) is 1. The lowest BCUT2D eigenvalue weighted by atomic mass is 9.61. The van der Waals surface area contributed by atoms with Gasteiger partial charge < -0.3 is 9.64 Å². The smallest absolute Gasteiger partial charge is 0.410 e.